The lowest BCUT2D eigenvalue weighted by Crippen LogP contribution is -2.20. The molecule has 0 spiro atoms. The second-order valence-electron chi connectivity index (χ2n) is 4.62. The van der Waals surface area contributed by atoms with Crippen molar-refractivity contribution in [1.82, 2.24) is 4.98 Å². The van der Waals surface area contributed by atoms with Gasteiger partial charge in [0, 0.05) is 23.9 Å². The highest BCUT2D eigenvalue weighted by molar-refractivity contribution is 7.09. The number of hydrogen-bond acceptors (Lipinski definition) is 4. The number of ketones is 1. The van der Waals surface area contributed by atoms with Crippen molar-refractivity contribution in [1.29, 1.82) is 0 Å². The molecule has 1 heterocycles. The molecule has 0 saturated carbocycles. The van der Waals surface area contributed by atoms with E-state index in [1.54, 1.807) is 11.7 Å². The van der Waals surface area contributed by atoms with Crippen molar-refractivity contribution >= 4 is 17.1 Å². The van der Waals surface area contributed by atoms with Crippen molar-refractivity contribution in [2.45, 2.75) is 33.1 Å². The van der Waals surface area contributed by atoms with E-state index >= 15 is 0 Å². The Kier molecular flexibility index (Phi) is 5.63. The fraction of sp³-hybridized carbons (Fsp3) is 0.667. The third kappa shape index (κ3) is 4.86. The average molecular weight is 240 g/mol. The van der Waals surface area contributed by atoms with Gasteiger partial charge in [-0.3, -0.25) is 9.78 Å². The fourth-order valence-corrected chi connectivity index (χ4v) is 2.47. The third-order valence-electron chi connectivity index (χ3n) is 2.51. The van der Waals surface area contributed by atoms with Crippen LogP contribution in [0.4, 0.5) is 0 Å². The van der Waals surface area contributed by atoms with Crippen molar-refractivity contribution < 1.29 is 4.79 Å². The van der Waals surface area contributed by atoms with Gasteiger partial charge in [0.25, 0.3) is 0 Å². The van der Waals surface area contributed by atoms with Crippen LogP contribution in [0, 0.1) is 11.8 Å². The summed E-state index contributed by atoms with van der Waals surface area (Å²) >= 11 is 1.54. The molecule has 0 aliphatic carbocycles. The summed E-state index contributed by atoms with van der Waals surface area (Å²) in [6.45, 7) is 4.93. The molecular formula is C12H20N2OS. The van der Waals surface area contributed by atoms with Crippen LogP contribution < -0.4 is 5.73 Å². The standard InChI is InChI=1S/C12H20N2OS/c1-9(2)3-10(6-13)4-11(15)5-12-7-14-8-16-12/h7-10H,3-6,13H2,1-2H3. The Morgan fingerprint density at radius 1 is 1.56 bits per heavy atom. The number of Topliss-reactive ketones (excluding diaryl/α,β-unsaturated/α-hetero) is 1. The van der Waals surface area contributed by atoms with E-state index in [9.17, 15) is 4.79 Å². The molecule has 0 radical (unpaired) electrons. The smallest absolute Gasteiger partial charge is 0.138 e. The highest BCUT2D eigenvalue weighted by Crippen LogP contribution is 2.16. The van der Waals surface area contributed by atoms with E-state index in [4.69, 9.17) is 5.73 Å². The lowest BCUT2D eigenvalue weighted by molar-refractivity contribution is -0.119. The molecule has 16 heavy (non-hydrogen) atoms. The first-order valence-electron chi connectivity index (χ1n) is 5.71. The van der Waals surface area contributed by atoms with Crippen molar-refractivity contribution in [2.24, 2.45) is 17.6 Å². The number of hydrogen-bond donors (Lipinski definition) is 1. The monoisotopic (exact) mass is 240 g/mol. The Balaban J connectivity index is 2.37. The lowest BCUT2D eigenvalue weighted by Gasteiger charge is -2.15. The third-order valence-corrected chi connectivity index (χ3v) is 3.29. The molecule has 1 aromatic rings. The summed E-state index contributed by atoms with van der Waals surface area (Å²) in [4.78, 5) is 16.8. The zero-order valence-electron chi connectivity index (χ0n) is 9.98. The van der Waals surface area contributed by atoms with Gasteiger partial charge in [-0.25, -0.2) is 0 Å². The maximum atomic E-state index is 11.8. The first-order chi connectivity index (χ1) is 7.61. The van der Waals surface area contributed by atoms with Gasteiger partial charge in [-0.15, -0.1) is 11.3 Å². The van der Waals surface area contributed by atoms with E-state index in [0.29, 0.717) is 31.2 Å². The summed E-state index contributed by atoms with van der Waals surface area (Å²) in [6.07, 6.45) is 3.92. The second-order valence-corrected chi connectivity index (χ2v) is 5.59. The molecule has 3 nitrogen and oxygen atoms in total. The van der Waals surface area contributed by atoms with Crippen molar-refractivity contribution in [2.75, 3.05) is 6.54 Å². The van der Waals surface area contributed by atoms with Crippen molar-refractivity contribution in [3.63, 3.8) is 0 Å². The first kappa shape index (κ1) is 13.3. The zero-order chi connectivity index (χ0) is 12.0. The van der Waals surface area contributed by atoms with Gasteiger partial charge in [0.15, 0.2) is 0 Å². The van der Waals surface area contributed by atoms with E-state index < -0.39 is 0 Å². The predicted octanol–water partition coefficient (Wildman–Crippen LogP) is 2.27. The summed E-state index contributed by atoms with van der Waals surface area (Å²) in [5.41, 5.74) is 7.44. The number of carbonyl (C=O) groups is 1. The number of thiazole rings is 1. The van der Waals surface area contributed by atoms with Crippen LogP contribution in [0.5, 0.6) is 0 Å². The van der Waals surface area contributed by atoms with Crippen LogP contribution in [-0.2, 0) is 11.2 Å². The van der Waals surface area contributed by atoms with E-state index in [1.165, 1.54) is 11.3 Å². The molecule has 0 aromatic carbocycles. The average Bonchev–Trinajstić information content (AvgIpc) is 2.68. The molecule has 0 amide bonds. The molecule has 1 rings (SSSR count). The van der Waals surface area contributed by atoms with Crippen LogP contribution in [-0.4, -0.2) is 17.3 Å². The zero-order valence-corrected chi connectivity index (χ0v) is 10.8. The normalized spacial score (nSPS) is 13.0. The number of nitrogens with zero attached hydrogens (tertiary/aromatic N) is 1. The Labute approximate surface area is 101 Å². The van der Waals surface area contributed by atoms with Gasteiger partial charge >= 0.3 is 0 Å². The molecule has 0 aliphatic heterocycles. The largest absolute Gasteiger partial charge is 0.330 e. The molecule has 0 saturated heterocycles. The maximum Gasteiger partial charge on any atom is 0.138 e. The first-order valence-corrected chi connectivity index (χ1v) is 6.59. The Bertz CT molecular complexity index is 309. The van der Waals surface area contributed by atoms with Crippen molar-refractivity contribution in [3.05, 3.63) is 16.6 Å². The van der Waals surface area contributed by atoms with Crippen LogP contribution in [0.2, 0.25) is 0 Å². The second kappa shape index (κ2) is 6.76. The van der Waals surface area contributed by atoms with E-state index in [-0.39, 0.29) is 5.78 Å². The summed E-state index contributed by atoms with van der Waals surface area (Å²) in [5, 5.41) is 0. The molecule has 2 N–H and O–H groups in total. The Hall–Kier alpha value is -0.740. The molecule has 0 bridgehead atoms. The molecule has 1 atom stereocenters. The van der Waals surface area contributed by atoms with Crippen LogP contribution in [0.1, 0.15) is 31.6 Å². The van der Waals surface area contributed by atoms with Gasteiger partial charge in [-0.2, -0.15) is 0 Å². The number of aromatic nitrogens is 1. The molecule has 1 unspecified atom stereocenters. The van der Waals surface area contributed by atoms with E-state index in [0.717, 1.165) is 11.3 Å². The minimum absolute atomic E-state index is 0.278. The minimum atomic E-state index is 0.278. The van der Waals surface area contributed by atoms with Crippen LogP contribution in [0.3, 0.4) is 0 Å². The number of carbonyl (C=O) groups excluding carboxylic acids is 1. The van der Waals surface area contributed by atoms with Gasteiger partial charge in [-0.1, -0.05) is 13.8 Å². The topological polar surface area (TPSA) is 56.0 Å². The van der Waals surface area contributed by atoms with Gasteiger partial charge in [0.05, 0.1) is 5.51 Å². The van der Waals surface area contributed by atoms with Gasteiger partial charge in [-0.05, 0) is 24.8 Å². The quantitative estimate of drug-likeness (QED) is 0.795. The molecular weight excluding hydrogens is 220 g/mol. The fourth-order valence-electron chi connectivity index (χ4n) is 1.85. The molecule has 0 fully saturated rings. The number of rotatable bonds is 7. The SMILES string of the molecule is CC(C)CC(CN)CC(=O)Cc1cncs1. The van der Waals surface area contributed by atoms with Gasteiger partial charge in [0.1, 0.15) is 5.78 Å². The molecule has 0 aliphatic rings. The number of nitrogens with two attached hydrogens (primary N) is 1. The summed E-state index contributed by atoms with van der Waals surface area (Å²) in [5.74, 6) is 1.21. The van der Waals surface area contributed by atoms with Crippen LogP contribution in [0.25, 0.3) is 0 Å². The summed E-state index contributed by atoms with van der Waals surface area (Å²) < 4.78 is 0. The van der Waals surface area contributed by atoms with E-state index in [2.05, 4.69) is 18.8 Å². The molecule has 90 valence electrons. The van der Waals surface area contributed by atoms with Gasteiger partial charge in [0.2, 0.25) is 0 Å². The molecule has 1 aromatic heterocycles. The van der Waals surface area contributed by atoms with Gasteiger partial charge < -0.3 is 5.73 Å². The summed E-state index contributed by atoms with van der Waals surface area (Å²) in [6, 6.07) is 0. The van der Waals surface area contributed by atoms with Crippen LogP contribution >= 0.6 is 11.3 Å². The summed E-state index contributed by atoms with van der Waals surface area (Å²) in [7, 11) is 0. The Morgan fingerprint density at radius 2 is 2.31 bits per heavy atom. The van der Waals surface area contributed by atoms with Crippen LogP contribution in [0.15, 0.2) is 11.7 Å². The lowest BCUT2D eigenvalue weighted by atomic mass is 9.92. The van der Waals surface area contributed by atoms with Crippen molar-refractivity contribution in [3.8, 4) is 0 Å². The highest BCUT2D eigenvalue weighted by atomic mass is 32.1. The maximum absolute atomic E-state index is 11.8. The minimum Gasteiger partial charge on any atom is -0.330 e. The predicted molar refractivity (Wildman–Crippen MR) is 67.4 cm³/mol. The Morgan fingerprint density at radius 3 is 2.81 bits per heavy atom. The molecule has 4 heteroatoms. The van der Waals surface area contributed by atoms with E-state index in [1.807, 2.05) is 0 Å². The highest BCUT2D eigenvalue weighted by Gasteiger charge is 2.14.